The van der Waals surface area contributed by atoms with Gasteiger partial charge < -0.3 is 0 Å². The molecule has 0 atom stereocenters. The van der Waals surface area contributed by atoms with Gasteiger partial charge in [-0.1, -0.05) is 0 Å². The van der Waals surface area contributed by atoms with E-state index in [-0.39, 0.29) is 35.3 Å². The van der Waals surface area contributed by atoms with E-state index in [1.54, 1.807) is 0 Å². The Bertz CT molecular complexity index is 26.5. The van der Waals surface area contributed by atoms with Crippen LogP contribution in [0.15, 0.2) is 0 Å². The quantitative estimate of drug-likeness (QED) is 0.460. The SMILES string of the molecule is C[PH+](C)C.C[PH+](C)C.[Ru]. The fourth-order valence-electron chi connectivity index (χ4n) is 0. The molecule has 0 radical (unpaired) electrons. The first-order chi connectivity index (χ1) is 3.46. The first-order valence-corrected chi connectivity index (χ1v) is 9.00. The summed E-state index contributed by atoms with van der Waals surface area (Å²) in [5.41, 5.74) is 0. The summed E-state index contributed by atoms with van der Waals surface area (Å²) < 4.78 is 0. The van der Waals surface area contributed by atoms with Crippen LogP contribution in [0.2, 0.25) is 0 Å². The van der Waals surface area contributed by atoms with Gasteiger partial charge in [-0.3, -0.25) is 0 Å². The summed E-state index contributed by atoms with van der Waals surface area (Å²) in [5.74, 6) is 0. The van der Waals surface area contributed by atoms with Crippen LogP contribution in [0.3, 0.4) is 0 Å². The maximum Gasteiger partial charge on any atom is 0.0461 e. The van der Waals surface area contributed by atoms with E-state index in [0.717, 1.165) is 0 Å². The number of hydrogen-bond acceptors (Lipinski definition) is 0. The predicted molar refractivity (Wildman–Crippen MR) is 52.2 cm³/mol. The minimum Gasteiger partial charge on any atom is -0.00840 e. The number of rotatable bonds is 0. The van der Waals surface area contributed by atoms with Crippen LogP contribution >= 0.6 is 15.8 Å². The van der Waals surface area contributed by atoms with Gasteiger partial charge in [0.2, 0.25) is 0 Å². The van der Waals surface area contributed by atoms with E-state index in [0.29, 0.717) is 0 Å². The zero-order chi connectivity index (χ0) is 7.15. The summed E-state index contributed by atoms with van der Waals surface area (Å²) in [6.07, 6.45) is 0. The molecule has 0 N–H and O–H groups in total. The summed E-state index contributed by atoms with van der Waals surface area (Å²) >= 11 is 0. The molecule has 0 spiro atoms. The molecular weight excluding hydrogens is 235 g/mol. The molecule has 0 aliphatic heterocycles. The molecule has 60 valence electrons. The van der Waals surface area contributed by atoms with Gasteiger partial charge in [0, 0.05) is 59.5 Å². The molecule has 0 fully saturated rings. The first kappa shape index (κ1) is 16.8. The van der Waals surface area contributed by atoms with Crippen molar-refractivity contribution >= 4 is 15.8 Å². The fourth-order valence-corrected chi connectivity index (χ4v) is 0. The molecule has 0 amide bonds. The standard InChI is InChI=1S/2C3H9P.Ru/c2*1-4(2)3;/h2*1-3H3;/p+2. The van der Waals surface area contributed by atoms with Crippen LogP contribution in [0.1, 0.15) is 0 Å². The van der Waals surface area contributed by atoms with Gasteiger partial charge in [-0.2, -0.15) is 0 Å². The Morgan fingerprint density at radius 3 is 0.556 bits per heavy atom. The van der Waals surface area contributed by atoms with Crippen LogP contribution in [-0.2, 0) is 19.5 Å². The maximum atomic E-state index is 2.27. The Kier molecular flexibility index (Phi) is 22.8. The second-order valence-corrected chi connectivity index (χ2v) is 9.00. The molecule has 0 saturated carbocycles. The van der Waals surface area contributed by atoms with Gasteiger partial charge >= 0.3 is 0 Å². The topological polar surface area (TPSA) is 0 Å². The molecule has 0 heterocycles. The van der Waals surface area contributed by atoms with E-state index in [4.69, 9.17) is 0 Å². The minimum absolute atomic E-state index is 0. The van der Waals surface area contributed by atoms with Crippen molar-refractivity contribution in [2.45, 2.75) is 0 Å². The van der Waals surface area contributed by atoms with Crippen molar-refractivity contribution in [1.82, 2.24) is 0 Å². The Morgan fingerprint density at radius 1 is 0.556 bits per heavy atom. The van der Waals surface area contributed by atoms with E-state index in [1.165, 1.54) is 0 Å². The Hall–Kier alpha value is 1.48. The predicted octanol–water partition coefficient (Wildman–Crippen LogP) is 2.18. The molecule has 0 saturated heterocycles. The monoisotopic (exact) mass is 256 g/mol. The van der Waals surface area contributed by atoms with Gasteiger partial charge in [-0.25, -0.2) is 0 Å². The molecule has 0 aromatic carbocycles. The molecule has 0 aliphatic rings. The third kappa shape index (κ3) is 241. The molecule has 0 unspecified atom stereocenters. The van der Waals surface area contributed by atoms with E-state index < -0.39 is 0 Å². The van der Waals surface area contributed by atoms with Crippen molar-refractivity contribution in [2.75, 3.05) is 40.0 Å². The summed E-state index contributed by atoms with van der Waals surface area (Å²) in [7, 11) is 0.241. The Morgan fingerprint density at radius 2 is 0.556 bits per heavy atom. The van der Waals surface area contributed by atoms with Gasteiger partial charge in [0.15, 0.2) is 0 Å². The molecule has 0 nitrogen and oxygen atoms in total. The Balaban J connectivity index is -0.0000000720. The van der Waals surface area contributed by atoms with Gasteiger partial charge in [-0.05, 0) is 15.8 Å². The van der Waals surface area contributed by atoms with Crippen LogP contribution in [0.5, 0.6) is 0 Å². The second kappa shape index (κ2) is 12.2. The second-order valence-electron chi connectivity index (χ2n) is 3.00. The molecule has 0 aliphatic carbocycles. The molecule has 0 rings (SSSR count). The molecule has 0 aromatic rings. The number of hydrogen-bond donors (Lipinski definition) is 0. The van der Waals surface area contributed by atoms with Crippen molar-refractivity contribution in [3.05, 3.63) is 0 Å². The van der Waals surface area contributed by atoms with Crippen molar-refractivity contribution in [1.29, 1.82) is 0 Å². The Labute approximate surface area is 75.5 Å². The zero-order valence-corrected chi connectivity index (χ0v) is 11.1. The van der Waals surface area contributed by atoms with Gasteiger partial charge in [0.05, 0.1) is 0 Å². The molecular formula is C6H20P2Ru+2. The largest absolute Gasteiger partial charge is 0.0461 e. The van der Waals surface area contributed by atoms with E-state index in [9.17, 15) is 0 Å². The molecule has 3 heteroatoms. The van der Waals surface area contributed by atoms with Crippen LogP contribution in [0, 0.1) is 0 Å². The van der Waals surface area contributed by atoms with Gasteiger partial charge in [0.1, 0.15) is 0 Å². The van der Waals surface area contributed by atoms with Gasteiger partial charge in [-0.15, -0.1) is 0 Å². The summed E-state index contributed by atoms with van der Waals surface area (Å²) in [6.45, 7) is 13.6. The van der Waals surface area contributed by atoms with E-state index >= 15 is 0 Å². The van der Waals surface area contributed by atoms with Crippen molar-refractivity contribution in [2.24, 2.45) is 0 Å². The average Bonchev–Trinajstić information content (AvgIpc) is 1.25. The van der Waals surface area contributed by atoms with Crippen LogP contribution in [-0.4, -0.2) is 40.0 Å². The van der Waals surface area contributed by atoms with Crippen molar-refractivity contribution < 1.29 is 19.5 Å². The van der Waals surface area contributed by atoms with Crippen LogP contribution < -0.4 is 0 Å². The summed E-state index contributed by atoms with van der Waals surface area (Å²) in [5, 5.41) is 0. The van der Waals surface area contributed by atoms with E-state index in [1.807, 2.05) is 0 Å². The molecule has 0 bridgehead atoms. The van der Waals surface area contributed by atoms with Gasteiger partial charge in [0.25, 0.3) is 0 Å². The third-order valence-electron chi connectivity index (χ3n) is 0. The first-order valence-electron chi connectivity index (χ1n) is 3.00. The molecule has 9 heavy (non-hydrogen) atoms. The zero-order valence-electron chi connectivity index (χ0n) is 7.35. The van der Waals surface area contributed by atoms with Crippen molar-refractivity contribution in [3.8, 4) is 0 Å². The molecule has 0 aromatic heterocycles. The minimum atomic E-state index is 0. The third-order valence-corrected chi connectivity index (χ3v) is 0. The van der Waals surface area contributed by atoms with Crippen LogP contribution in [0.4, 0.5) is 0 Å². The smallest absolute Gasteiger partial charge is 0.00840 e. The van der Waals surface area contributed by atoms with Crippen LogP contribution in [0.25, 0.3) is 0 Å². The average molecular weight is 255 g/mol. The maximum absolute atomic E-state index is 2.27. The summed E-state index contributed by atoms with van der Waals surface area (Å²) in [6, 6.07) is 0. The fraction of sp³-hybridized carbons (Fsp3) is 1.00. The normalized spacial score (nSPS) is 8.00. The van der Waals surface area contributed by atoms with E-state index in [2.05, 4.69) is 40.0 Å². The van der Waals surface area contributed by atoms with Crippen molar-refractivity contribution in [3.63, 3.8) is 0 Å². The summed E-state index contributed by atoms with van der Waals surface area (Å²) in [4.78, 5) is 0.